The number of nitrogens with zero attached hydrogens (tertiary/aromatic N) is 4. The molecule has 0 atom stereocenters. The van der Waals surface area contributed by atoms with Crippen LogP contribution in [0.1, 0.15) is 5.69 Å². The lowest BCUT2D eigenvalue weighted by molar-refractivity contribution is -0.115. The van der Waals surface area contributed by atoms with Gasteiger partial charge in [-0.3, -0.25) is 4.79 Å². The normalized spacial score (nSPS) is 10.7. The third-order valence-electron chi connectivity index (χ3n) is 3.22. The summed E-state index contributed by atoms with van der Waals surface area (Å²) in [5.41, 5.74) is 1.56. The molecule has 7 nitrogen and oxygen atoms in total. The van der Waals surface area contributed by atoms with Gasteiger partial charge in [0.2, 0.25) is 11.9 Å². The first-order chi connectivity index (χ1) is 12.3. The monoisotopic (exact) mass is 368 g/mol. The van der Waals surface area contributed by atoms with Crippen LogP contribution >= 0.6 is 22.7 Å². The summed E-state index contributed by atoms with van der Waals surface area (Å²) >= 11 is 2.85. The summed E-state index contributed by atoms with van der Waals surface area (Å²) in [4.78, 5) is 29.1. The maximum Gasteiger partial charge on any atom is 0.232 e. The van der Waals surface area contributed by atoms with E-state index in [9.17, 15) is 4.79 Å². The first-order valence-corrected chi connectivity index (χ1v) is 9.10. The van der Waals surface area contributed by atoms with E-state index in [-0.39, 0.29) is 12.3 Å². The van der Waals surface area contributed by atoms with Gasteiger partial charge in [-0.2, -0.15) is 0 Å². The molecule has 3 aromatic heterocycles. The van der Waals surface area contributed by atoms with Crippen LogP contribution in [0.2, 0.25) is 0 Å². The van der Waals surface area contributed by atoms with E-state index >= 15 is 0 Å². The number of nitrogens with one attached hydrogen (secondary N) is 2. The van der Waals surface area contributed by atoms with Crippen LogP contribution in [0.3, 0.4) is 0 Å². The fourth-order valence-electron chi connectivity index (χ4n) is 2.16. The SMILES string of the molecule is O=C(Cc1csc(Nc2ncccn2)n1)Nc1nc2ccccc2s1. The second-order valence-corrected chi connectivity index (χ2v) is 6.94. The third-order valence-corrected chi connectivity index (χ3v) is 4.98. The Hall–Kier alpha value is -2.91. The van der Waals surface area contributed by atoms with Crippen LogP contribution in [0.15, 0.2) is 48.1 Å². The van der Waals surface area contributed by atoms with E-state index in [1.165, 1.54) is 22.7 Å². The molecular weight excluding hydrogens is 356 g/mol. The molecule has 0 aliphatic heterocycles. The Morgan fingerprint density at radius 3 is 2.72 bits per heavy atom. The second-order valence-electron chi connectivity index (χ2n) is 5.05. The Morgan fingerprint density at radius 2 is 1.88 bits per heavy atom. The molecule has 1 amide bonds. The van der Waals surface area contributed by atoms with E-state index in [1.54, 1.807) is 18.5 Å². The molecular formula is C16H12N6OS2. The van der Waals surface area contributed by atoms with E-state index in [1.807, 2.05) is 29.6 Å². The Balaban J connectivity index is 1.39. The van der Waals surface area contributed by atoms with E-state index in [0.29, 0.717) is 21.9 Å². The van der Waals surface area contributed by atoms with Crippen molar-refractivity contribution < 1.29 is 4.79 Å². The number of carbonyl (C=O) groups is 1. The topological polar surface area (TPSA) is 92.7 Å². The van der Waals surface area contributed by atoms with Gasteiger partial charge in [0.05, 0.1) is 22.3 Å². The molecule has 4 rings (SSSR count). The molecule has 4 aromatic rings. The second kappa shape index (κ2) is 6.91. The molecule has 1 aromatic carbocycles. The summed E-state index contributed by atoms with van der Waals surface area (Å²) in [5, 5.41) is 8.91. The molecule has 0 radical (unpaired) electrons. The van der Waals surface area contributed by atoms with Gasteiger partial charge in [0, 0.05) is 17.8 Å². The summed E-state index contributed by atoms with van der Waals surface area (Å²) in [6.45, 7) is 0. The predicted molar refractivity (Wildman–Crippen MR) is 99.4 cm³/mol. The van der Waals surface area contributed by atoms with Crippen molar-refractivity contribution in [2.45, 2.75) is 6.42 Å². The highest BCUT2D eigenvalue weighted by molar-refractivity contribution is 7.22. The fraction of sp³-hybridized carbons (Fsp3) is 0.0625. The van der Waals surface area contributed by atoms with Gasteiger partial charge in [-0.25, -0.2) is 19.9 Å². The summed E-state index contributed by atoms with van der Waals surface area (Å²) < 4.78 is 1.04. The highest BCUT2D eigenvalue weighted by atomic mass is 32.1. The molecule has 25 heavy (non-hydrogen) atoms. The van der Waals surface area contributed by atoms with E-state index in [2.05, 4.69) is 30.6 Å². The van der Waals surface area contributed by atoms with Crippen LogP contribution in [0.5, 0.6) is 0 Å². The van der Waals surface area contributed by atoms with Gasteiger partial charge >= 0.3 is 0 Å². The number of aromatic nitrogens is 4. The van der Waals surface area contributed by atoms with Crippen LogP contribution in [0.4, 0.5) is 16.2 Å². The van der Waals surface area contributed by atoms with Crippen molar-refractivity contribution in [3.05, 3.63) is 53.8 Å². The molecule has 0 spiro atoms. The summed E-state index contributed by atoms with van der Waals surface area (Å²) in [6.07, 6.45) is 3.48. The molecule has 0 fully saturated rings. The average Bonchev–Trinajstić information content (AvgIpc) is 3.21. The van der Waals surface area contributed by atoms with Crippen LogP contribution in [0.25, 0.3) is 10.2 Å². The Morgan fingerprint density at radius 1 is 1.04 bits per heavy atom. The summed E-state index contributed by atoms with van der Waals surface area (Å²) in [7, 11) is 0. The number of para-hydroxylation sites is 1. The van der Waals surface area contributed by atoms with Crippen LogP contribution < -0.4 is 10.6 Å². The van der Waals surface area contributed by atoms with Crippen molar-refractivity contribution in [3.8, 4) is 0 Å². The van der Waals surface area contributed by atoms with Gasteiger partial charge in [0.25, 0.3) is 0 Å². The number of thiazole rings is 2. The van der Waals surface area contributed by atoms with Gasteiger partial charge in [-0.05, 0) is 18.2 Å². The zero-order chi connectivity index (χ0) is 17.1. The van der Waals surface area contributed by atoms with Crippen molar-refractivity contribution >= 4 is 55.0 Å². The predicted octanol–water partition coefficient (Wildman–Crippen LogP) is 3.47. The standard InChI is InChI=1S/C16H12N6OS2/c23-13(21-16-20-11-4-1-2-5-12(11)25-16)8-10-9-24-15(19-10)22-14-17-6-3-7-18-14/h1-7,9H,8H2,(H,20,21,23)(H,17,18,19,22). The Kier molecular flexibility index (Phi) is 4.32. The number of anilines is 3. The molecule has 0 aliphatic carbocycles. The lowest BCUT2D eigenvalue weighted by atomic mass is 10.3. The van der Waals surface area contributed by atoms with E-state index in [0.717, 1.165) is 10.2 Å². The van der Waals surface area contributed by atoms with Crippen LogP contribution in [0, 0.1) is 0 Å². The van der Waals surface area contributed by atoms with Crippen LogP contribution in [-0.2, 0) is 11.2 Å². The van der Waals surface area contributed by atoms with Gasteiger partial charge < -0.3 is 10.6 Å². The lowest BCUT2D eigenvalue weighted by Gasteiger charge is -1.99. The molecule has 9 heteroatoms. The smallest absolute Gasteiger partial charge is 0.232 e. The minimum atomic E-state index is -0.146. The molecule has 3 heterocycles. The number of rotatable bonds is 5. The van der Waals surface area contributed by atoms with E-state index < -0.39 is 0 Å². The average molecular weight is 368 g/mol. The highest BCUT2D eigenvalue weighted by Crippen LogP contribution is 2.25. The fourth-order valence-corrected chi connectivity index (χ4v) is 3.74. The van der Waals surface area contributed by atoms with Crippen molar-refractivity contribution in [1.29, 1.82) is 0 Å². The number of hydrogen-bond acceptors (Lipinski definition) is 8. The van der Waals surface area contributed by atoms with E-state index in [4.69, 9.17) is 0 Å². The summed E-state index contributed by atoms with van der Waals surface area (Å²) in [6, 6.07) is 9.52. The minimum Gasteiger partial charge on any atom is -0.302 e. The zero-order valence-corrected chi connectivity index (χ0v) is 14.5. The van der Waals surface area contributed by atoms with Gasteiger partial charge in [0.15, 0.2) is 10.3 Å². The van der Waals surface area contributed by atoms with Gasteiger partial charge in [-0.1, -0.05) is 23.5 Å². The quantitative estimate of drug-likeness (QED) is 0.560. The minimum absolute atomic E-state index is 0.146. The molecule has 2 N–H and O–H groups in total. The first kappa shape index (κ1) is 15.6. The largest absolute Gasteiger partial charge is 0.302 e. The Bertz CT molecular complexity index is 981. The van der Waals surface area contributed by atoms with Crippen molar-refractivity contribution in [1.82, 2.24) is 19.9 Å². The maximum absolute atomic E-state index is 12.2. The molecule has 0 saturated heterocycles. The number of benzene rings is 1. The number of fused-ring (bicyclic) bond motifs is 1. The van der Waals surface area contributed by atoms with Gasteiger partial charge in [-0.15, -0.1) is 11.3 Å². The number of hydrogen-bond donors (Lipinski definition) is 2. The summed E-state index contributed by atoms with van der Waals surface area (Å²) in [5.74, 6) is 0.328. The highest BCUT2D eigenvalue weighted by Gasteiger charge is 2.11. The number of carbonyl (C=O) groups excluding carboxylic acids is 1. The molecule has 124 valence electrons. The molecule has 0 unspecified atom stereocenters. The molecule has 0 aliphatic rings. The molecule has 0 saturated carbocycles. The maximum atomic E-state index is 12.2. The third kappa shape index (κ3) is 3.78. The zero-order valence-electron chi connectivity index (χ0n) is 12.8. The number of amides is 1. The van der Waals surface area contributed by atoms with Gasteiger partial charge in [0.1, 0.15) is 0 Å². The van der Waals surface area contributed by atoms with Crippen molar-refractivity contribution in [3.63, 3.8) is 0 Å². The van der Waals surface area contributed by atoms with Crippen molar-refractivity contribution in [2.24, 2.45) is 0 Å². The lowest BCUT2D eigenvalue weighted by Crippen LogP contribution is -2.14. The first-order valence-electron chi connectivity index (χ1n) is 7.40. The van der Waals surface area contributed by atoms with Crippen molar-refractivity contribution in [2.75, 3.05) is 10.6 Å². The van der Waals surface area contributed by atoms with Crippen LogP contribution in [-0.4, -0.2) is 25.8 Å². The molecule has 0 bridgehead atoms. The Labute approximate surface area is 150 Å².